The van der Waals surface area contributed by atoms with Gasteiger partial charge >= 0.3 is 5.97 Å². The number of hydrogen-bond acceptors (Lipinski definition) is 4. The first kappa shape index (κ1) is 20.4. The van der Waals surface area contributed by atoms with Gasteiger partial charge < -0.3 is 21.9 Å². The molecular weight excluding hydrogens is 364 g/mol. The second-order valence-corrected chi connectivity index (χ2v) is 7.26. The summed E-state index contributed by atoms with van der Waals surface area (Å²) in [5.74, 6) is -1.35. The predicted octanol–water partition coefficient (Wildman–Crippen LogP) is 2.14. The van der Waals surface area contributed by atoms with Crippen LogP contribution in [0, 0.1) is 0 Å². The number of aliphatic carboxylic acids is 1. The molecule has 2 rings (SSSR count). The van der Waals surface area contributed by atoms with Gasteiger partial charge in [-0.3, -0.25) is 9.79 Å². The fourth-order valence-corrected chi connectivity index (χ4v) is 3.59. The van der Waals surface area contributed by atoms with Crippen LogP contribution in [0.5, 0.6) is 0 Å². The highest BCUT2D eigenvalue weighted by molar-refractivity contribution is 7.14. The Bertz CT molecular complexity index is 800. The van der Waals surface area contributed by atoms with Crippen LogP contribution in [0.15, 0.2) is 47.5 Å². The van der Waals surface area contributed by atoms with E-state index < -0.39 is 12.0 Å². The molecule has 144 valence electrons. The van der Waals surface area contributed by atoms with Crippen LogP contribution >= 0.6 is 11.3 Å². The van der Waals surface area contributed by atoms with Crippen LogP contribution in [0.4, 0.5) is 0 Å². The van der Waals surface area contributed by atoms with Gasteiger partial charge in [0.05, 0.1) is 4.88 Å². The molecule has 6 N–H and O–H groups in total. The zero-order chi connectivity index (χ0) is 19.8. The Labute approximate surface area is 162 Å². The lowest BCUT2D eigenvalue weighted by atomic mass is 10.00. The van der Waals surface area contributed by atoms with Crippen LogP contribution in [-0.4, -0.2) is 35.5 Å². The first-order chi connectivity index (χ1) is 12.9. The molecule has 1 unspecified atom stereocenters. The standard InChI is InChI=1S/C19H24N4O3S/c1-12(13-6-3-2-4-7-13)15-9-10-16(27-15)17(24)23-14(18(25)26)8-5-11-22-19(20)21/h2-4,6-7,9-10,12,14H,5,8,11H2,1H3,(H,23,24)(H,25,26)(H4,20,21,22)/t12?,14-/m0/s1. The minimum Gasteiger partial charge on any atom is -0.480 e. The number of carboxylic acid groups (broad SMARTS) is 1. The molecule has 0 saturated heterocycles. The number of aliphatic imine (C=N–C) groups is 1. The number of amides is 1. The number of nitrogens with two attached hydrogens (primary N) is 2. The minimum atomic E-state index is -1.08. The Morgan fingerprint density at radius 3 is 2.52 bits per heavy atom. The van der Waals surface area contributed by atoms with Gasteiger partial charge in [-0.15, -0.1) is 11.3 Å². The number of rotatable bonds is 9. The first-order valence-corrected chi connectivity index (χ1v) is 9.44. The molecule has 0 aliphatic carbocycles. The van der Waals surface area contributed by atoms with Crippen molar-refractivity contribution in [2.45, 2.75) is 31.7 Å². The molecule has 1 amide bonds. The maximum atomic E-state index is 12.4. The Hall–Kier alpha value is -2.87. The molecule has 8 heteroatoms. The van der Waals surface area contributed by atoms with Crippen molar-refractivity contribution in [3.05, 3.63) is 57.8 Å². The van der Waals surface area contributed by atoms with Crippen molar-refractivity contribution in [1.29, 1.82) is 0 Å². The molecule has 0 fully saturated rings. The van der Waals surface area contributed by atoms with E-state index in [1.165, 1.54) is 11.3 Å². The minimum absolute atomic E-state index is 0.0374. The summed E-state index contributed by atoms with van der Waals surface area (Å²) in [5.41, 5.74) is 11.6. The third-order valence-corrected chi connectivity index (χ3v) is 5.39. The van der Waals surface area contributed by atoms with Crippen molar-refractivity contribution in [1.82, 2.24) is 5.32 Å². The SMILES string of the molecule is CC(c1ccccc1)c1ccc(C(=O)N[C@@H](CCCN=C(N)N)C(=O)O)s1. The number of thiophene rings is 1. The summed E-state index contributed by atoms with van der Waals surface area (Å²) < 4.78 is 0. The summed E-state index contributed by atoms with van der Waals surface area (Å²) in [7, 11) is 0. The summed E-state index contributed by atoms with van der Waals surface area (Å²) in [4.78, 5) is 29.2. The van der Waals surface area contributed by atoms with Crippen LogP contribution in [0.2, 0.25) is 0 Å². The van der Waals surface area contributed by atoms with Crippen LogP contribution in [-0.2, 0) is 4.79 Å². The number of benzene rings is 1. The Morgan fingerprint density at radius 2 is 1.89 bits per heavy atom. The molecule has 0 bridgehead atoms. The molecule has 7 nitrogen and oxygen atoms in total. The second kappa shape index (κ2) is 9.72. The molecule has 0 radical (unpaired) electrons. The molecule has 2 aromatic rings. The van der Waals surface area contributed by atoms with E-state index in [4.69, 9.17) is 11.5 Å². The molecule has 1 aromatic heterocycles. The van der Waals surface area contributed by atoms with Crippen molar-refractivity contribution in [2.24, 2.45) is 16.5 Å². The van der Waals surface area contributed by atoms with E-state index in [9.17, 15) is 14.7 Å². The fourth-order valence-electron chi connectivity index (χ4n) is 2.60. The van der Waals surface area contributed by atoms with E-state index in [1.54, 1.807) is 6.07 Å². The van der Waals surface area contributed by atoms with Crippen molar-refractivity contribution >= 4 is 29.2 Å². The molecule has 1 heterocycles. The monoisotopic (exact) mass is 388 g/mol. The number of nitrogens with zero attached hydrogens (tertiary/aromatic N) is 1. The molecule has 0 aliphatic rings. The van der Waals surface area contributed by atoms with Gasteiger partial charge in [-0.25, -0.2) is 4.79 Å². The lowest BCUT2D eigenvalue weighted by Gasteiger charge is -2.13. The second-order valence-electron chi connectivity index (χ2n) is 6.15. The van der Waals surface area contributed by atoms with Gasteiger partial charge in [0, 0.05) is 17.3 Å². The highest BCUT2D eigenvalue weighted by atomic mass is 32.1. The van der Waals surface area contributed by atoms with E-state index in [-0.39, 0.29) is 24.2 Å². The third-order valence-electron chi connectivity index (χ3n) is 4.13. The lowest BCUT2D eigenvalue weighted by Crippen LogP contribution is -2.40. The zero-order valence-electron chi connectivity index (χ0n) is 15.1. The summed E-state index contributed by atoms with van der Waals surface area (Å²) in [6.45, 7) is 2.40. The first-order valence-electron chi connectivity index (χ1n) is 8.62. The van der Waals surface area contributed by atoms with Crippen LogP contribution in [0.3, 0.4) is 0 Å². The Kier molecular flexibility index (Phi) is 7.36. The number of carbonyl (C=O) groups excluding carboxylic acids is 1. The van der Waals surface area contributed by atoms with Crippen molar-refractivity contribution in [3.63, 3.8) is 0 Å². The number of carbonyl (C=O) groups is 2. The normalized spacial score (nSPS) is 12.8. The van der Waals surface area contributed by atoms with E-state index >= 15 is 0 Å². The van der Waals surface area contributed by atoms with Crippen LogP contribution in [0.25, 0.3) is 0 Å². The average molecular weight is 388 g/mol. The van der Waals surface area contributed by atoms with Crippen LogP contribution in [0.1, 0.15) is 45.8 Å². The summed E-state index contributed by atoms with van der Waals surface area (Å²) in [6, 6.07) is 12.7. The molecule has 0 spiro atoms. The van der Waals surface area contributed by atoms with E-state index in [0.717, 1.165) is 10.4 Å². The van der Waals surface area contributed by atoms with Gasteiger partial charge in [0.1, 0.15) is 6.04 Å². The molecule has 0 saturated carbocycles. The predicted molar refractivity (Wildman–Crippen MR) is 107 cm³/mol. The quantitative estimate of drug-likeness (QED) is 0.297. The highest BCUT2D eigenvalue weighted by Crippen LogP contribution is 2.30. The van der Waals surface area contributed by atoms with Gasteiger partial charge in [-0.2, -0.15) is 0 Å². The maximum Gasteiger partial charge on any atom is 0.326 e. The smallest absolute Gasteiger partial charge is 0.326 e. The molecular formula is C19H24N4O3S. The largest absolute Gasteiger partial charge is 0.480 e. The molecule has 2 atom stereocenters. The Balaban J connectivity index is 1.99. The summed E-state index contributed by atoms with van der Waals surface area (Å²) >= 11 is 1.37. The molecule has 1 aromatic carbocycles. The summed E-state index contributed by atoms with van der Waals surface area (Å²) in [6.07, 6.45) is 0.701. The molecule has 0 aliphatic heterocycles. The number of guanidine groups is 1. The van der Waals surface area contributed by atoms with E-state index in [0.29, 0.717) is 17.8 Å². The van der Waals surface area contributed by atoms with Crippen LogP contribution < -0.4 is 16.8 Å². The van der Waals surface area contributed by atoms with E-state index in [2.05, 4.69) is 17.2 Å². The van der Waals surface area contributed by atoms with Crippen molar-refractivity contribution in [2.75, 3.05) is 6.54 Å². The molecule has 27 heavy (non-hydrogen) atoms. The topological polar surface area (TPSA) is 131 Å². The van der Waals surface area contributed by atoms with Gasteiger partial charge in [0.25, 0.3) is 5.91 Å². The van der Waals surface area contributed by atoms with E-state index in [1.807, 2.05) is 36.4 Å². The van der Waals surface area contributed by atoms with Gasteiger partial charge in [-0.1, -0.05) is 37.3 Å². The van der Waals surface area contributed by atoms with Crippen molar-refractivity contribution in [3.8, 4) is 0 Å². The Morgan fingerprint density at radius 1 is 1.19 bits per heavy atom. The van der Waals surface area contributed by atoms with Gasteiger partial charge in [0.2, 0.25) is 0 Å². The number of nitrogens with one attached hydrogen (secondary N) is 1. The maximum absolute atomic E-state index is 12.4. The zero-order valence-corrected chi connectivity index (χ0v) is 15.9. The average Bonchev–Trinajstić information content (AvgIpc) is 3.14. The van der Waals surface area contributed by atoms with Gasteiger partial charge in [0.15, 0.2) is 5.96 Å². The number of hydrogen-bond donors (Lipinski definition) is 4. The number of carboxylic acids is 1. The highest BCUT2D eigenvalue weighted by Gasteiger charge is 2.22. The fraction of sp³-hybridized carbons (Fsp3) is 0.316. The third kappa shape index (κ3) is 6.10. The van der Waals surface area contributed by atoms with Crippen molar-refractivity contribution < 1.29 is 14.7 Å². The van der Waals surface area contributed by atoms with Gasteiger partial charge in [-0.05, 0) is 30.5 Å². The lowest BCUT2D eigenvalue weighted by molar-refractivity contribution is -0.139. The summed E-state index contributed by atoms with van der Waals surface area (Å²) in [5, 5.41) is 11.9.